The van der Waals surface area contributed by atoms with Crippen molar-refractivity contribution >= 4 is 11.7 Å². The minimum atomic E-state index is -0.545. The van der Waals surface area contributed by atoms with Crippen LogP contribution in [0.25, 0.3) is 0 Å². The molecule has 1 aromatic heterocycles. The van der Waals surface area contributed by atoms with Gasteiger partial charge in [-0.3, -0.25) is 4.79 Å². The number of morpholine rings is 1. The number of carbonyl (C=O) groups is 1. The molecule has 0 aromatic carbocycles. The highest BCUT2D eigenvalue weighted by Gasteiger charge is 2.30. The fourth-order valence-corrected chi connectivity index (χ4v) is 2.29. The lowest BCUT2D eigenvalue weighted by Crippen LogP contribution is -2.55. The minimum absolute atomic E-state index is 0.0499. The maximum Gasteiger partial charge on any atom is 0.245 e. The Labute approximate surface area is 125 Å². The zero-order chi connectivity index (χ0) is 15.4. The van der Waals surface area contributed by atoms with E-state index in [2.05, 4.69) is 10.3 Å². The van der Waals surface area contributed by atoms with Crippen molar-refractivity contribution < 1.29 is 14.6 Å². The number of rotatable bonds is 4. The van der Waals surface area contributed by atoms with Gasteiger partial charge in [-0.2, -0.15) is 0 Å². The summed E-state index contributed by atoms with van der Waals surface area (Å²) < 4.78 is 5.43. The largest absolute Gasteiger partial charge is 0.389 e. The van der Waals surface area contributed by atoms with Gasteiger partial charge in [0, 0.05) is 18.8 Å². The van der Waals surface area contributed by atoms with E-state index >= 15 is 0 Å². The summed E-state index contributed by atoms with van der Waals surface area (Å²) >= 11 is 0. The number of hydrogen-bond acceptors (Lipinski definition) is 5. The molecule has 1 amide bonds. The number of aromatic nitrogens is 1. The van der Waals surface area contributed by atoms with Gasteiger partial charge in [-0.15, -0.1) is 0 Å². The first-order chi connectivity index (χ1) is 9.99. The smallest absolute Gasteiger partial charge is 0.245 e. The molecule has 0 spiro atoms. The summed E-state index contributed by atoms with van der Waals surface area (Å²) in [6.07, 6.45) is 1.10. The van der Waals surface area contributed by atoms with Crippen LogP contribution < -0.4 is 10.2 Å². The molecule has 1 fully saturated rings. The lowest BCUT2D eigenvalue weighted by atomic mass is 10.1. The molecule has 6 nitrogen and oxygen atoms in total. The minimum Gasteiger partial charge on any atom is -0.389 e. The Morgan fingerprint density at radius 3 is 2.81 bits per heavy atom. The lowest BCUT2D eigenvalue weighted by Gasteiger charge is -2.35. The summed E-state index contributed by atoms with van der Waals surface area (Å²) in [6.45, 7) is 7.12. The molecule has 2 atom stereocenters. The van der Waals surface area contributed by atoms with E-state index in [9.17, 15) is 9.90 Å². The number of ether oxygens (including phenoxy) is 1. The van der Waals surface area contributed by atoms with Crippen LogP contribution in [-0.2, 0) is 9.53 Å². The van der Waals surface area contributed by atoms with Crippen LogP contribution in [0.4, 0.5) is 5.82 Å². The van der Waals surface area contributed by atoms with Crippen LogP contribution in [-0.4, -0.2) is 47.8 Å². The van der Waals surface area contributed by atoms with Crippen molar-refractivity contribution in [2.24, 2.45) is 0 Å². The average Bonchev–Trinajstić information content (AvgIpc) is 2.46. The molecule has 1 aliphatic heterocycles. The molecule has 2 N–H and O–H groups in total. The molecule has 2 heterocycles. The fraction of sp³-hybridized carbons (Fsp3) is 0.600. The zero-order valence-electron chi connectivity index (χ0n) is 12.7. The highest BCUT2D eigenvalue weighted by atomic mass is 16.5. The standard InChI is InChI=1S/C15H23N3O3/c1-10(2)17-15(20)13-9-21-7-6-18(13)14-5-4-12(8-16-14)11(3)19/h4-5,8,10-11,13,19H,6-7,9H2,1-3H3,(H,17,20)/t11-,13?/m1/s1. The van der Waals surface area contributed by atoms with Gasteiger partial charge in [0.05, 0.1) is 19.3 Å². The van der Waals surface area contributed by atoms with Crippen molar-refractivity contribution in [3.8, 4) is 0 Å². The van der Waals surface area contributed by atoms with E-state index in [0.717, 1.165) is 11.4 Å². The van der Waals surface area contributed by atoms with E-state index in [1.165, 1.54) is 0 Å². The zero-order valence-corrected chi connectivity index (χ0v) is 12.7. The summed E-state index contributed by atoms with van der Waals surface area (Å²) in [5.74, 6) is 0.678. The van der Waals surface area contributed by atoms with Gasteiger partial charge >= 0.3 is 0 Å². The van der Waals surface area contributed by atoms with Crippen molar-refractivity contribution in [2.75, 3.05) is 24.7 Å². The van der Waals surface area contributed by atoms with Crippen molar-refractivity contribution in [1.82, 2.24) is 10.3 Å². The third kappa shape index (κ3) is 3.92. The van der Waals surface area contributed by atoms with Crippen LogP contribution in [0.15, 0.2) is 18.3 Å². The second kappa shape index (κ2) is 6.87. The van der Waals surface area contributed by atoms with Crippen LogP contribution in [0.3, 0.4) is 0 Å². The monoisotopic (exact) mass is 293 g/mol. The van der Waals surface area contributed by atoms with E-state index < -0.39 is 6.10 Å². The van der Waals surface area contributed by atoms with Crippen molar-refractivity contribution in [2.45, 2.75) is 39.0 Å². The van der Waals surface area contributed by atoms with Crippen LogP contribution in [0.5, 0.6) is 0 Å². The molecular weight excluding hydrogens is 270 g/mol. The first-order valence-electron chi connectivity index (χ1n) is 7.28. The van der Waals surface area contributed by atoms with E-state index in [0.29, 0.717) is 19.8 Å². The van der Waals surface area contributed by atoms with Crippen molar-refractivity contribution in [3.05, 3.63) is 23.9 Å². The van der Waals surface area contributed by atoms with Crippen LogP contribution >= 0.6 is 0 Å². The van der Waals surface area contributed by atoms with Gasteiger partial charge in [-0.1, -0.05) is 6.07 Å². The predicted octanol–water partition coefficient (Wildman–Crippen LogP) is 0.865. The number of carbonyl (C=O) groups excluding carboxylic acids is 1. The fourth-order valence-electron chi connectivity index (χ4n) is 2.29. The van der Waals surface area contributed by atoms with E-state index in [4.69, 9.17) is 4.74 Å². The molecule has 1 aromatic rings. The first-order valence-corrected chi connectivity index (χ1v) is 7.28. The molecule has 0 radical (unpaired) electrons. The second-order valence-electron chi connectivity index (χ2n) is 5.57. The van der Waals surface area contributed by atoms with Crippen molar-refractivity contribution in [3.63, 3.8) is 0 Å². The number of nitrogens with zero attached hydrogens (tertiary/aromatic N) is 2. The normalized spacial score (nSPS) is 20.4. The Morgan fingerprint density at radius 2 is 2.24 bits per heavy atom. The van der Waals surface area contributed by atoms with Gasteiger partial charge in [-0.25, -0.2) is 4.98 Å². The van der Waals surface area contributed by atoms with E-state index in [-0.39, 0.29) is 18.0 Å². The van der Waals surface area contributed by atoms with Gasteiger partial charge in [-0.05, 0) is 32.4 Å². The number of anilines is 1. The van der Waals surface area contributed by atoms with Gasteiger partial charge in [0.25, 0.3) is 0 Å². The molecule has 0 saturated carbocycles. The van der Waals surface area contributed by atoms with Crippen LogP contribution in [0.2, 0.25) is 0 Å². The lowest BCUT2D eigenvalue weighted by molar-refractivity contribution is -0.125. The van der Waals surface area contributed by atoms with E-state index in [1.54, 1.807) is 13.1 Å². The van der Waals surface area contributed by atoms with Crippen LogP contribution in [0, 0.1) is 0 Å². The number of aliphatic hydroxyl groups is 1. The summed E-state index contributed by atoms with van der Waals surface area (Å²) in [4.78, 5) is 18.6. The Bertz CT molecular complexity index is 474. The second-order valence-corrected chi connectivity index (χ2v) is 5.57. The first kappa shape index (κ1) is 15.7. The average molecular weight is 293 g/mol. The SMILES string of the molecule is CC(C)NC(=O)C1COCCN1c1ccc([C@@H](C)O)cn1. The molecule has 21 heavy (non-hydrogen) atoms. The Kier molecular flexibility index (Phi) is 5.14. The molecular formula is C15H23N3O3. The summed E-state index contributed by atoms with van der Waals surface area (Å²) in [5, 5.41) is 12.4. The third-order valence-corrected chi connectivity index (χ3v) is 3.41. The quantitative estimate of drug-likeness (QED) is 0.861. The van der Waals surface area contributed by atoms with Gasteiger partial charge in [0.2, 0.25) is 5.91 Å². The molecule has 1 aliphatic rings. The molecule has 116 valence electrons. The summed E-state index contributed by atoms with van der Waals surface area (Å²) in [7, 11) is 0. The molecule has 1 unspecified atom stereocenters. The third-order valence-electron chi connectivity index (χ3n) is 3.41. The maximum atomic E-state index is 12.3. The Hall–Kier alpha value is -1.66. The summed E-state index contributed by atoms with van der Waals surface area (Å²) in [6, 6.07) is 3.39. The molecule has 1 saturated heterocycles. The Balaban J connectivity index is 2.16. The van der Waals surface area contributed by atoms with Gasteiger partial charge in [0.1, 0.15) is 11.9 Å². The highest BCUT2D eigenvalue weighted by molar-refractivity contribution is 5.85. The highest BCUT2D eigenvalue weighted by Crippen LogP contribution is 2.20. The van der Waals surface area contributed by atoms with Gasteiger partial charge in [0.15, 0.2) is 0 Å². The number of nitrogens with one attached hydrogen (secondary N) is 1. The number of aliphatic hydroxyl groups excluding tert-OH is 1. The topological polar surface area (TPSA) is 74.7 Å². The van der Waals surface area contributed by atoms with E-state index in [1.807, 2.05) is 30.9 Å². The predicted molar refractivity (Wildman–Crippen MR) is 80.1 cm³/mol. The number of hydrogen-bond donors (Lipinski definition) is 2. The Morgan fingerprint density at radius 1 is 1.48 bits per heavy atom. The maximum absolute atomic E-state index is 12.3. The molecule has 6 heteroatoms. The van der Waals surface area contributed by atoms with Crippen molar-refractivity contribution in [1.29, 1.82) is 0 Å². The van der Waals surface area contributed by atoms with Gasteiger partial charge < -0.3 is 20.1 Å². The molecule has 2 rings (SSSR count). The number of pyridine rings is 1. The molecule has 0 aliphatic carbocycles. The summed E-state index contributed by atoms with van der Waals surface area (Å²) in [5.41, 5.74) is 0.759. The molecule has 0 bridgehead atoms. The number of amides is 1. The van der Waals surface area contributed by atoms with Crippen LogP contribution in [0.1, 0.15) is 32.4 Å².